The molecule has 0 aromatic heterocycles. The number of hydrogen-bond acceptors (Lipinski definition) is 1. The van der Waals surface area contributed by atoms with Crippen LogP contribution in [0.3, 0.4) is 0 Å². The summed E-state index contributed by atoms with van der Waals surface area (Å²) in [5.41, 5.74) is 1.85. The van der Waals surface area contributed by atoms with Gasteiger partial charge in [-0.15, -0.1) is 0 Å². The molecule has 1 aromatic rings. The number of carbonyl (C=O) groups is 1. The van der Waals surface area contributed by atoms with Gasteiger partial charge < -0.3 is 0 Å². The van der Waals surface area contributed by atoms with E-state index in [1.807, 2.05) is 32.0 Å². The summed E-state index contributed by atoms with van der Waals surface area (Å²) >= 11 is 5.49. The van der Waals surface area contributed by atoms with E-state index in [-0.39, 0.29) is 10.6 Å². The first-order valence-corrected chi connectivity index (χ1v) is 5.96. The highest BCUT2D eigenvalue weighted by atomic mass is 127. The predicted molar refractivity (Wildman–Crippen MR) is 66.6 cm³/mol. The van der Waals surface area contributed by atoms with Gasteiger partial charge in [0.1, 0.15) is 0 Å². The van der Waals surface area contributed by atoms with Crippen molar-refractivity contribution in [1.82, 2.24) is 0 Å². The lowest BCUT2D eigenvalue weighted by atomic mass is 10.0. The van der Waals surface area contributed by atoms with E-state index in [2.05, 4.69) is 38.5 Å². The molecule has 1 atom stereocenters. The summed E-state index contributed by atoms with van der Waals surface area (Å²) in [6.45, 7) is 3.81. The normalized spacial score (nSPS) is 12.6. The summed E-state index contributed by atoms with van der Waals surface area (Å²) in [5.74, 6) is 0.149. The largest absolute Gasteiger partial charge is 0.293 e. The van der Waals surface area contributed by atoms with Gasteiger partial charge in [-0.25, -0.2) is 0 Å². The lowest BCUT2D eigenvalue weighted by molar-refractivity contribution is 0.0995. The van der Waals surface area contributed by atoms with Crippen LogP contribution in [-0.2, 0) is 0 Å². The third kappa shape index (κ3) is 2.77. The van der Waals surface area contributed by atoms with Crippen LogP contribution in [0.1, 0.15) is 22.8 Å². The highest BCUT2D eigenvalue weighted by molar-refractivity contribution is 14.1. The average molecular weight is 353 g/mol. The molecule has 0 aliphatic heterocycles. The molecule has 13 heavy (non-hydrogen) atoms. The second kappa shape index (κ2) is 4.55. The average Bonchev–Trinajstić information content (AvgIpc) is 2.08. The zero-order chi connectivity index (χ0) is 10.0. The van der Waals surface area contributed by atoms with Crippen LogP contribution in [0.4, 0.5) is 0 Å². The van der Waals surface area contributed by atoms with E-state index in [0.717, 1.165) is 14.7 Å². The number of benzene rings is 1. The molecule has 3 heteroatoms. The van der Waals surface area contributed by atoms with Crippen LogP contribution in [0.2, 0.25) is 0 Å². The standard InChI is InChI=1S/C10H10BrIO/c1-6-3-4-8(12)5-9(6)10(13)7(2)11/h3-5,7H,1-2H3. The molecule has 0 spiro atoms. The molecular weight excluding hydrogens is 343 g/mol. The SMILES string of the molecule is Cc1ccc(I)cc1C(=O)C(C)Br. The van der Waals surface area contributed by atoms with Gasteiger partial charge in [0.05, 0.1) is 4.83 Å². The first-order valence-electron chi connectivity index (χ1n) is 3.97. The number of halogens is 2. The van der Waals surface area contributed by atoms with Crippen molar-refractivity contribution in [3.8, 4) is 0 Å². The number of carbonyl (C=O) groups excluding carboxylic acids is 1. The monoisotopic (exact) mass is 352 g/mol. The number of aryl methyl sites for hydroxylation is 1. The first-order chi connectivity index (χ1) is 6.02. The van der Waals surface area contributed by atoms with Crippen molar-refractivity contribution in [3.63, 3.8) is 0 Å². The molecule has 0 bridgehead atoms. The highest BCUT2D eigenvalue weighted by Crippen LogP contribution is 2.17. The van der Waals surface area contributed by atoms with Crippen molar-refractivity contribution in [2.75, 3.05) is 0 Å². The maximum atomic E-state index is 11.7. The summed E-state index contributed by atoms with van der Waals surface area (Å²) in [4.78, 5) is 11.6. The Morgan fingerprint density at radius 2 is 2.15 bits per heavy atom. The molecule has 1 nitrogen and oxygen atoms in total. The Labute approximate surface area is 100 Å². The highest BCUT2D eigenvalue weighted by Gasteiger charge is 2.14. The van der Waals surface area contributed by atoms with Crippen molar-refractivity contribution in [3.05, 3.63) is 32.9 Å². The van der Waals surface area contributed by atoms with Crippen LogP contribution >= 0.6 is 38.5 Å². The lowest BCUT2D eigenvalue weighted by Crippen LogP contribution is -2.11. The maximum Gasteiger partial charge on any atom is 0.176 e. The molecule has 70 valence electrons. The summed E-state index contributed by atoms with van der Waals surface area (Å²) in [6, 6.07) is 5.91. The number of ketones is 1. The summed E-state index contributed by atoms with van der Waals surface area (Å²) in [5, 5.41) is 0. The van der Waals surface area contributed by atoms with Gasteiger partial charge in [-0.05, 0) is 54.1 Å². The van der Waals surface area contributed by atoms with Gasteiger partial charge in [0.25, 0.3) is 0 Å². The van der Waals surface area contributed by atoms with Crippen LogP contribution in [-0.4, -0.2) is 10.6 Å². The molecule has 0 N–H and O–H groups in total. The molecule has 0 radical (unpaired) electrons. The Morgan fingerprint density at radius 1 is 1.54 bits per heavy atom. The number of hydrogen-bond donors (Lipinski definition) is 0. The van der Waals surface area contributed by atoms with Crippen molar-refractivity contribution >= 4 is 44.3 Å². The Hall–Kier alpha value is 0.1000. The van der Waals surface area contributed by atoms with Gasteiger partial charge in [0, 0.05) is 9.13 Å². The Kier molecular flexibility index (Phi) is 3.91. The van der Waals surface area contributed by atoms with Gasteiger partial charge in [-0.2, -0.15) is 0 Å². The third-order valence-electron chi connectivity index (χ3n) is 1.83. The van der Waals surface area contributed by atoms with Crippen LogP contribution in [0.5, 0.6) is 0 Å². The Balaban J connectivity index is 3.13. The number of Topliss-reactive ketones (excluding diaryl/α,β-unsaturated/α-hetero) is 1. The summed E-state index contributed by atoms with van der Waals surface area (Å²) < 4.78 is 1.10. The Morgan fingerprint density at radius 3 is 2.69 bits per heavy atom. The molecule has 1 rings (SSSR count). The lowest BCUT2D eigenvalue weighted by Gasteiger charge is -2.06. The zero-order valence-corrected chi connectivity index (χ0v) is 11.2. The van der Waals surface area contributed by atoms with Gasteiger partial charge in [-0.3, -0.25) is 4.79 Å². The van der Waals surface area contributed by atoms with Gasteiger partial charge >= 0.3 is 0 Å². The quantitative estimate of drug-likeness (QED) is 0.452. The van der Waals surface area contributed by atoms with Crippen LogP contribution in [0.15, 0.2) is 18.2 Å². The van der Waals surface area contributed by atoms with E-state index in [4.69, 9.17) is 0 Å². The van der Waals surface area contributed by atoms with Gasteiger partial charge in [-0.1, -0.05) is 22.0 Å². The van der Waals surface area contributed by atoms with Crippen molar-refractivity contribution < 1.29 is 4.79 Å². The molecule has 1 unspecified atom stereocenters. The number of alkyl halides is 1. The Bertz CT molecular complexity index is 334. The molecule has 0 aliphatic rings. The molecular formula is C10H10BrIO. The minimum atomic E-state index is -0.107. The van der Waals surface area contributed by atoms with Crippen molar-refractivity contribution in [1.29, 1.82) is 0 Å². The van der Waals surface area contributed by atoms with Crippen molar-refractivity contribution in [2.45, 2.75) is 18.7 Å². The molecule has 1 aromatic carbocycles. The van der Waals surface area contributed by atoms with E-state index in [9.17, 15) is 4.79 Å². The summed E-state index contributed by atoms with van der Waals surface area (Å²) in [6.07, 6.45) is 0. The fourth-order valence-corrected chi connectivity index (χ4v) is 1.81. The molecule has 0 fully saturated rings. The zero-order valence-electron chi connectivity index (χ0n) is 7.47. The molecule has 0 saturated heterocycles. The predicted octanol–water partition coefficient (Wildman–Crippen LogP) is 3.57. The minimum absolute atomic E-state index is 0.107. The minimum Gasteiger partial charge on any atom is -0.293 e. The third-order valence-corrected chi connectivity index (χ3v) is 2.91. The molecule has 0 amide bonds. The van der Waals surface area contributed by atoms with Crippen LogP contribution in [0.25, 0.3) is 0 Å². The second-order valence-electron chi connectivity index (χ2n) is 2.94. The van der Waals surface area contributed by atoms with E-state index in [1.165, 1.54) is 0 Å². The fraction of sp³-hybridized carbons (Fsp3) is 0.300. The van der Waals surface area contributed by atoms with E-state index >= 15 is 0 Å². The topological polar surface area (TPSA) is 17.1 Å². The van der Waals surface area contributed by atoms with E-state index in [1.54, 1.807) is 0 Å². The van der Waals surface area contributed by atoms with Crippen molar-refractivity contribution in [2.24, 2.45) is 0 Å². The van der Waals surface area contributed by atoms with E-state index in [0.29, 0.717) is 0 Å². The van der Waals surface area contributed by atoms with Gasteiger partial charge in [0.15, 0.2) is 5.78 Å². The van der Waals surface area contributed by atoms with E-state index < -0.39 is 0 Å². The first kappa shape index (κ1) is 11.2. The van der Waals surface area contributed by atoms with Crippen LogP contribution in [0, 0.1) is 10.5 Å². The van der Waals surface area contributed by atoms with Crippen LogP contribution < -0.4 is 0 Å². The molecule has 0 heterocycles. The number of rotatable bonds is 2. The fourth-order valence-electron chi connectivity index (χ4n) is 1.07. The second-order valence-corrected chi connectivity index (χ2v) is 5.56. The van der Waals surface area contributed by atoms with Gasteiger partial charge in [0.2, 0.25) is 0 Å². The molecule has 0 saturated carbocycles. The smallest absolute Gasteiger partial charge is 0.176 e. The molecule has 0 aliphatic carbocycles. The maximum absolute atomic E-state index is 11.7. The summed E-state index contributed by atoms with van der Waals surface area (Å²) in [7, 11) is 0.